The van der Waals surface area contributed by atoms with Gasteiger partial charge >= 0.3 is 0 Å². The number of hydrogen-bond acceptors (Lipinski definition) is 1. The van der Waals surface area contributed by atoms with Crippen molar-refractivity contribution in [3.63, 3.8) is 0 Å². The molecular formula is C17H27N. The van der Waals surface area contributed by atoms with Crippen LogP contribution in [0.25, 0.3) is 0 Å². The molecule has 0 amide bonds. The molecule has 1 aromatic carbocycles. The van der Waals surface area contributed by atoms with E-state index < -0.39 is 0 Å². The summed E-state index contributed by atoms with van der Waals surface area (Å²) in [5.74, 6) is 1.03. The summed E-state index contributed by atoms with van der Waals surface area (Å²) in [5.41, 5.74) is 9.06. The molecule has 0 aliphatic heterocycles. The Bertz CT molecular complexity index is 355. The van der Waals surface area contributed by atoms with Gasteiger partial charge in [-0.05, 0) is 24.3 Å². The Morgan fingerprint density at radius 1 is 1.22 bits per heavy atom. The van der Waals surface area contributed by atoms with E-state index in [4.69, 9.17) is 5.73 Å². The first kappa shape index (κ1) is 15.0. The van der Waals surface area contributed by atoms with Crippen LogP contribution in [0.5, 0.6) is 0 Å². The number of nitrogens with two attached hydrogens (primary N) is 1. The van der Waals surface area contributed by atoms with Crippen LogP contribution in [0.15, 0.2) is 42.5 Å². The molecule has 0 fully saturated rings. The highest BCUT2D eigenvalue weighted by Gasteiger charge is 2.24. The molecule has 1 rings (SSSR count). The smallest absolute Gasteiger partial charge is 0.0148 e. The van der Waals surface area contributed by atoms with Gasteiger partial charge in [-0.15, -0.1) is 0 Å². The first-order chi connectivity index (χ1) is 8.60. The highest BCUT2D eigenvalue weighted by Crippen LogP contribution is 2.31. The van der Waals surface area contributed by atoms with Crippen molar-refractivity contribution in [1.82, 2.24) is 0 Å². The third kappa shape index (κ3) is 3.99. The molecule has 0 heterocycles. The third-order valence-corrected chi connectivity index (χ3v) is 3.93. The maximum Gasteiger partial charge on any atom is 0.0148 e. The molecule has 0 saturated heterocycles. The van der Waals surface area contributed by atoms with Crippen molar-refractivity contribution in [3.05, 3.63) is 48.0 Å². The van der Waals surface area contributed by atoms with Crippen LogP contribution >= 0.6 is 0 Å². The van der Waals surface area contributed by atoms with Crippen molar-refractivity contribution < 1.29 is 0 Å². The van der Waals surface area contributed by atoms with E-state index in [1.54, 1.807) is 0 Å². The minimum atomic E-state index is 0.176. The summed E-state index contributed by atoms with van der Waals surface area (Å²) in [6.45, 7) is 10.8. The molecule has 0 saturated carbocycles. The molecule has 0 aliphatic rings. The zero-order valence-electron chi connectivity index (χ0n) is 12.0. The molecule has 0 aromatic heterocycles. The Kier molecular flexibility index (Phi) is 6.14. The maximum absolute atomic E-state index is 6.44. The monoisotopic (exact) mass is 245 g/mol. The van der Waals surface area contributed by atoms with Crippen molar-refractivity contribution in [1.29, 1.82) is 0 Å². The molecule has 1 nitrogen and oxygen atoms in total. The number of benzene rings is 1. The Morgan fingerprint density at radius 2 is 1.83 bits per heavy atom. The second-order valence-electron chi connectivity index (χ2n) is 5.29. The van der Waals surface area contributed by atoms with Crippen LogP contribution in [-0.4, -0.2) is 6.04 Å². The van der Waals surface area contributed by atoms with Crippen molar-refractivity contribution in [2.75, 3.05) is 0 Å². The van der Waals surface area contributed by atoms with Crippen LogP contribution in [0.4, 0.5) is 0 Å². The van der Waals surface area contributed by atoms with Crippen LogP contribution in [0.1, 0.15) is 51.5 Å². The van der Waals surface area contributed by atoms with Crippen LogP contribution in [0.3, 0.4) is 0 Å². The van der Waals surface area contributed by atoms with E-state index in [-0.39, 0.29) is 6.04 Å². The molecule has 0 aliphatic carbocycles. The lowest BCUT2D eigenvalue weighted by Gasteiger charge is -2.30. The standard InChI is InChI=1S/C17H27N/c1-5-13(3)12-16(18)17(14(4)6-2)15-10-8-7-9-11-15/h7-11,14,16-17H,3,5-6,12,18H2,1-2,4H3. The van der Waals surface area contributed by atoms with Gasteiger partial charge in [-0.2, -0.15) is 0 Å². The summed E-state index contributed by atoms with van der Waals surface area (Å²) in [6, 6.07) is 10.8. The minimum Gasteiger partial charge on any atom is -0.327 e. The lowest BCUT2D eigenvalue weighted by molar-refractivity contribution is 0.378. The number of rotatable bonds is 7. The lowest BCUT2D eigenvalue weighted by Crippen LogP contribution is -2.32. The van der Waals surface area contributed by atoms with Gasteiger partial charge in [0, 0.05) is 12.0 Å². The van der Waals surface area contributed by atoms with Gasteiger partial charge in [0.25, 0.3) is 0 Å². The van der Waals surface area contributed by atoms with E-state index in [0.29, 0.717) is 11.8 Å². The van der Waals surface area contributed by atoms with E-state index in [1.165, 1.54) is 11.1 Å². The summed E-state index contributed by atoms with van der Waals surface area (Å²) >= 11 is 0. The van der Waals surface area contributed by atoms with E-state index in [1.807, 2.05) is 0 Å². The average Bonchev–Trinajstić information content (AvgIpc) is 2.39. The molecule has 0 radical (unpaired) electrons. The van der Waals surface area contributed by atoms with E-state index in [2.05, 4.69) is 57.7 Å². The number of hydrogen-bond donors (Lipinski definition) is 1. The maximum atomic E-state index is 6.44. The summed E-state index contributed by atoms with van der Waals surface area (Å²) in [6.07, 6.45) is 3.11. The fraction of sp³-hybridized carbons (Fsp3) is 0.529. The molecule has 3 unspecified atom stereocenters. The minimum absolute atomic E-state index is 0.176. The predicted molar refractivity (Wildman–Crippen MR) is 80.7 cm³/mol. The average molecular weight is 245 g/mol. The molecule has 100 valence electrons. The molecule has 1 aromatic rings. The molecule has 2 N–H and O–H groups in total. The second-order valence-corrected chi connectivity index (χ2v) is 5.29. The van der Waals surface area contributed by atoms with Crippen LogP contribution in [0, 0.1) is 5.92 Å². The molecular weight excluding hydrogens is 218 g/mol. The van der Waals surface area contributed by atoms with Gasteiger partial charge < -0.3 is 5.73 Å². The SMILES string of the molecule is C=C(CC)CC(N)C(c1ccccc1)C(C)CC. The quantitative estimate of drug-likeness (QED) is 0.703. The van der Waals surface area contributed by atoms with Crippen LogP contribution < -0.4 is 5.73 Å². The van der Waals surface area contributed by atoms with Gasteiger partial charge in [0.2, 0.25) is 0 Å². The van der Waals surface area contributed by atoms with Crippen molar-refractivity contribution in [3.8, 4) is 0 Å². The highest BCUT2D eigenvalue weighted by atomic mass is 14.7. The van der Waals surface area contributed by atoms with Crippen molar-refractivity contribution >= 4 is 0 Å². The van der Waals surface area contributed by atoms with Crippen molar-refractivity contribution in [2.24, 2.45) is 11.7 Å². The molecule has 18 heavy (non-hydrogen) atoms. The van der Waals surface area contributed by atoms with Gasteiger partial charge in [0.05, 0.1) is 0 Å². The summed E-state index contributed by atoms with van der Waals surface area (Å²) in [7, 11) is 0. The Hall–Kier alpha value is -1.08. The first-order valence-electron chi connectivity index (χ1n) is 7.07. The van der Waals surface area contributed by atoms with E-state index in [0.717, 1.165) is 19.3 Å². The zero-order chi connectivity index (χ0) is 13.5. The van der Waals surface area contributed by atoms with Gasteiger partial charge in [0.15, 0.2) is 0 Å². The van der Waals surface area contributed by atoms with Gasteiger partial charge in [-0.1, -0.05) is 69.7 Å². The molecule has 0 bridgehead atoms. The topological polar surface area (TPSA) is 26.0 Å². The molecule has 0 spiro atoms. The van der Waals surface area contributed by atoms with Crippen LogP contribution in [0.2, 0.25) is 0 Å². The van der Waals surface area contributed by atoms with Gasteiger partial charge in [0.1, 0.15) is 0 Å². The fourth-order valence-corrected chi connectivity index (χ4v) is 2.53. The largest absolute Gasteiger partial charge is 0.327 e. The normalized spacial score (nSPS) is 16.0. The Balaban J connectivity index is 2.88. The van der Waals surface area contributed by atoms with Crippen LogP contribution in [-0.2, 0) is 0 Å². The highest BCUT2D eigenvalue weighted by molar-refractivity contribution is 5.22. The second kappa shape index (κ2) is 7.38. The third-order valence-electron chi connectivity index (χ3n) is 3.93. The van der Waals surface area contributed by atoms with E-state index in [9.17, 15) is 0 Å². The molecule has 1 heteroatoms. The Labute approximate surface area is 112 Å². The lowest BCUT2D eigenvalue weighted by atomic mass is 9.78. The predicted octanol–water partition coefficient (Wildman–Crippen LogP) is 4.50. The van der Waals surface area contributed by atoms with Gasteiger partial charge in [-0.3, -0.25) is 0 Å². The first-order valence-corrected chi connectivity index (χ1v) is 7.07. The summed E-state index contributed by atoms with van der Waals surface area (Å²) in [4.78, 5) is 0. The van der Waals surface area contributed by atoms with Crippen molar-refractivity contribution in [2.45, 2.75) is 52.0 Å². The fourth-order valence-electron chi connectivity index (χ4n) is 2.53. The summed E-state index contributed by atoms with van der Waals surface area (Å²) in [5, 5.41) is 0. The van der Waals surface area contributed by atoms with E-state index >= 15 is 0 Å². The zero-order valence-corrected chi connectivity index (χ0v) is 12.0. The van der Waals surface area contributed by atoms with Gasteiger partial charge in [-0.25, -0.2) is 0 Å². The molecule has 3 atom stereocenters. The summed E-state index contributed by atoms with van der Waals surface area (Å²) < 4.78 is 0. The Morgan fingerprint density at radius 3 is 2.33 bits per heavy atom.